The van der Waals surface area contributed by atoms with Gasteiger partial charge in [-0.15, -0.1) is 0 Å². The first-order chi connectivity index (χ1) is 14.3. The Hall–Kier alpha value is -1.76. The Kier molecular flexibility index (Phi) is 9.46. The van der Waals surface area contributed by atoms with Crippen molar-refractivity contribution in [2.75, 3.05) is 33.1 Å². The molecule has 170 valence electrons. The van der Waals surface area contributed by atoms with E-state index < -0.39 is 10.8 Å². The van der Waals surface area contributed by atoms with Crippen molar-refractivity contribution < 1.29 is 13.7 Å². The smallest absolute Gasteiger partial charge is 0.191 e. The van der Waals surface area contributed by atoms with Crippen molar-refractivity contribution in [1.82, 2.24) is 10.6 Å². The van der Waals surface area contributed by atoms with Crippen LogP contribution in [-0.2, 0) is 16.2 Å². The highest BCUT2D eigenvalue weighted by Crippen LogP contribution is 2.33. The van der Waals surface area contributed by atoms with Crippen molar-refractivity contribution >= 4 is 16.8 Å². The predicted molar refractivity (Wildman–Crippen MR) is 126 cm³/mol. The highest BCUT2D eigenvalue weighted by Gasteiger charge is 2.27. The topological polar surface area (TPSA) is 72.0 Å². The number of nitrogens with zero attached hydrogens (tertiary/aromatic N) is 1. The maximum atomic E-state index is 12.3. The normalized spacial score (nSPS) is 21.1. The molecule has 0 bridgehead atoms. The zero-order valence-corrected chi connectivity index (χ0v) is 20.2. The number of hydrogen-bond acceptors (Lipinski definition) is 4. The molecule has 2 N–H and O–H groups in total. The molecule has 7 heteroatoms. The summed E-state index contributed by atoms with van der Waals surface area (Å²) in [5.41, 5.74) is 0.983. The van der Waals surface area contributed by atoms with Crippen LogP contribution in [0.4, 0.5) is 0 Å². The average Bonchev–Trinajstić information content (AvgIpc) is 2.76. The van der Waals surface area contributed by atoms with E-state index in [1.807, 2.05) is 19.1 Å². The Labute approximate surface area is 184 Å². The molecule has 30 heavy (non-hydrogen) atoms. The number of hydrogen-bond donors (Lipinski definition) is 2. The van der Waals surface area contributed by atoms with Crippen LogP contribution in [0.3, 0.4) is 0 Å². The number of nitrogens with one attached hydrogen (secondary N) is 2. The molecule has 1 aliphatic rings. The summed E-state index contributed by atoms with van der Waals surface area (Å²) in [4.78, 5) is 4.89. The van der Waals surface area contributed by atoms with E-state index in [4.69, 9.17) is 14.5 Å². The van der Waals surface area contributed by atoms with Gasteiger partial charge in [-0.3, -0.25) is 9.20 Å². The van der Waals surface area contributed by atoms with E-state index in [2.05, 4.69) is 37.5 Å². The molecule has 1 aromatic carbocycles. The third-order valence-corrected chi connectivity index (χ3v) is 7.51. The zero-order valence-electron chi connectivity index (χ0n) is 19.4. The summed E-state index contributed by atoms with van der Waals surface area (Å²) in [6, 6.07) is 6.36. The standard InChI is InChI=1S/C23H39N3O3S/c1-7-24-22(26-18-10-9-11-19(15-18)30(27)8-2)25-16-23(3,4)17-12-13-20(28-5)21(14-17)29-6/h12-14,18-19H,7-11,15-16H2,1-6H3,(H2,24,25,26). The number of benzene rings is 1. The van der Waals surface area contributed by atoms with Gasteiger partial charge in [0.05, 0.1) is 20.8 Å². The van der Waals surface area contributed by atoms with Gasteiger partial charge in [-0.2, -0.15) is 0 Å². The number of guanidine groups is 1. The second-order valence-electron chi connectivity index (χ2n) is 8.45. The lowest BCUT2D eigenvalue weighted by molar-refractivity contribution is 0.353. The van der Waals surface area contributed by atoms with Crippen LogP contribution < -0.4 is 20.1 Å². The van der Waals surface area contributed by atoms with Crippen molar-refractivity contribution in [3.8, 4) is 11.5 Å². The summed E-state index contributed by atoms with van der Waals surface area (Å²) in [5.74, 6) is 3.03. The number of methoxy groups -OCH3 is 2. The van der Waals surface area contributed by atoms with Gasteiger partial charge in [0.1, 0.15) is 0 Å². The van der Waals surface area contributed by atoms with Gasteiger partial charge >= 0.3 is 0 Å². The van der Waals surface area contributed by atoms with Gasteiger partial charge in [-0.1, -0.05) is 33.3 Å². The third-order valence-electron chi connectivity index (χ3n) is 5.76. The molecule has 3 atom stereocenters. The van der Waals surface area contributed by atoms with E-state index in [-0.39, 0.29) is 5.41 Å². The van der Waals surface area contributed by atoms with Crippen molar-refractivity contribution in [3.63, 3.8) is 0 Å². The Bertz CT molecular complexity index is 736. The van der Waals surface area contributed by atoms with Crippen LogP contribution in [0.1, 0.15) is 58.9 Å². The highest BCUT2D eigenvalue weighted by molar-refractivity contribution is 7.85. The summed E-state index contributed by atoms with van der Waals surface area (Å²) >= 11 is 0. The minimum atomic E-state index is -0.724. The first kappa shape index (κ1) is 24.5. The second-order valence-corrected chi connectivity index (χ2v) is 10.5. The van der Waals surface area contributed by atoms with Crippen molar-refractivity contribution in [3.05, 3.63) is 23.8 Å². The van der Waals surface area contributed by atoms with Crippen LogP contribution in [-0.4, -0.2) is 54.5 Å². The van der Waals surface area contributed by atoms with Gasteiger partial charge in [0.15, 0.2) is 17.5 Å². The van der Waals surface area contributed by atoms with E-state index >= 15 is 0 Å². The molecule has 1 aromatic rings. The largest absolute Gasteiger partial charge is 0.493 e. The van der Waals surface area contributed by atoms with Crippen LogP contribution in [0, 0.1) is 0 Å². The first-order valence-corrected chi connectivity index (χ1v) is 12.4. The zero-order chi connectivity index (χ0) is 22.1. The third kappa shape index (κ3) is 6.62. The molecule has 0 heterocycles. The first-order valence-electron chi connectivity index (χ1n) is 11.0. The molecule has 0 aromatic heterocycles. The van der Waals surface area contributed by atoms with Crippen LogP contribution in [0.2, 0.25) is 0 Å². The number of rotatable bonds is 9. The Morgan fingerprint density at radius 2 is 1.93 bits per heavy atom. The summed E-state index contributed by atoms with van der Waals surface area (Å²) in [6.07, 6.45) is 4.23. The van der Waals surface area contributed by atoms with Crippen LogP contribution in [0.5, 0.6) is 11.5 Å². The maximum absolute atomic E-state index is 12.3. The molecule has 6 nitrogen and oxygen atoms in total. The molecule has 3 unspecified atom stereocenters. The summed E-state index contributed by atoms with van der Waals surface area (Å²) in [5, 5.41) is 7.26. The van der Waals surface area contributed by atoms with Gasteiger partial charge < -0.3 is 20.1 Å². The molecule has 1 aliphatic carbocycles. The van der Waals surface area contributed by atoms with Crippen LogP contribution >= 0.6 is 0 Å². The van der Waals surface area contributed by atoms with Gasteiger partial charge in [0, 0.05) is 39.8 Å². The van der Waals surface area contributed by atoms with Crippen LogP contribution in [0.15, 0.2) is 23.2 Å². The monoisotopic (exact) mass is 437 g/mol. The minimum absolute atomic E-state index is 0.166. The second kappa shape index (κ2) is 11.6. The number of aliphatic imine (C=N–C) groups is 1. The molecule has 1 fully saturated rings. The lowest BCUT2D eigenvalue weighted by atomic mass is 9.84. The fraction of sp³-hybridized carbons (Fsp3) is 0.696. The van der Waals surface area contributed by atoms with Crippen molar-refractivity contribution in [1.29, 1.82) is 0 Å². The van der Waals surface area contributed by atoms with E-state index in [1.54, 1.807) is 14.2 Å². The molecular weight excluding hydrogens is 398 g/mol. The Balaban J connectivity index is 2.10. The van der Waals surface area contributed by atoms with Crippen molar-refractivity contribution in [2.24, 2.45) is 4.99 Å². The fourth-order valence-electron chi connectivity index (χ4n) is 3.89. The molecule has 0 amide bonds. The average molecular weight is 438 g/mol. The van der Waals surface area contributed by atoms with Gasteiger partial charge in [-0.25, -0.2) is 0 Å². The molecule has 0 radical (unpaired) electrons. The van der Waals surface area contributed by atoms with Gasteiger partial charge in [0.2, 0.25) is 0 Å². The maximum Gasteiger partial charge on any atom is 0.191 e. The number of ether oxygens (including phenoxy) is 2. The molecule has 0 saturated heterocycles. The Morgan fingerprint density at radius 1 is 1.20 bits per heavy atom. The lowest BCUT2D eigenvalue weighted by Crippen LogP contribution is -2.47. The Morgan fingerprint density at radius 3 is 2.57 bits per heavy atom. The molecule has 0 aliphatic heterocycles. The SMILES string of the molecule is CCNC(=NCC(C)(C)c1ccc(OC)c(OC)c1)NC1CCCC(S(=O)CC)C1. The highest BCUT2D eigenvalue weighted by atomic mass is 32.2. The van der Waals surface area contributed by atoms with E-state index in [0.29, 0.717) is 17.8 Å². The predicted octanol–water partition coefficient (Wildman–Crippen LogP) is 3.62. The van der Waals surface area contributed by atoms with E-state index in [0.717, 1.165) is 61.0 Å². The minimum Gasteiger partial charge on any atom is -0.493 e. The quantitative estimate of drug-likeness (QED) is 0.456. The summed E-state index contributed by atoms with van der Waals surface area (Å²) in [7, 11) is 2.58. The van der Waals surface area contributed by atoms with Gasteiger partial charge in [0.25, 0.3) is 0 Å². The summed E-state index contributed by atoms with van der Waals surface area (Å²) in [6.45, 7) is 9.89. The molecule has 0 spiro atoms. The van der Waals surface area contributed by atoms with Crippen molar-refractivity contribution in [2.45, 2.75) is 70.1 Å². The lowest BCUT2D eigenvalue weighted by Gasteiger charge is -2.31. The van der Waals surface area contributed by atoms with E-state index in [9.17, 15) is 4.21 Å². The van der Waals surface area contributed by atoms with Gasteiger partial charge in [-0.05, 0) is 43.9 Å². The molecular formula is C23H39N3O3S. The fourth-order valence-corrected chi connectivity index (χ4v) is 5.24. The van der Waals surface area contributed by atoms with E-state index in [1.165, 1.54) is 0 Å². The molecule has 2 rings (SSSR count). The summed E-state index contributed by atoms with van der Waals surface area (Å²) < 4.78 is 23.1. The molecule has 1 saturated carbocycles. The van der Waals surface area contributed by atoms with Crippen LogP contribution in [0.25, 0.3) is 0 Å².